The Morgan fingerprint density at radius 1 is 1.25 bits per heavy atom. The summed E-state index contributed by atoms with van der Waals surface area (Å²) >= 11 is 0. The molecule has 0 aromatic carbocycles. The lowest BCUT2D eigenvalue weighted by molar-refractivity contribution is -0.147. The van der Waals surface area contributed by atoms with Crippen LogP contribution in [0.2, 0.25) is 0 Å². The molecule has 0 radical (unpaired) electrons. The summed E-state index contributed by atoms with van der Waals surface area (Å²) in [6.07, 6.45) is -3.65. The van der Waals surface area contributed by atoms with Gasteiger partial charge in [0.2, 0.25) is 0 Å². The Morgan fingerprint density at radius 2 is 1.96 bits per heavy atom. The molecule has 0 amide bonds. The molecule has 5 nitrogen and oxygen atoms in total. The highest BCUT2D eigenvalue weighted by atomic mass is 19.4. The van der Waals surface area contributed by atoms with Gasteiger partial charge in [-0.05, 0) is 26.8 Å². The third kappa shape index (κ3) is 3.07. The van der Waals surface area contributed by atoms with Crippen molar-refractivity contribution in [1.82, 2.24) is 9.88 Å². The predicted molar refractivity (Wildman–Crippen MR) is 81.5 cm³/mol. The number of piperazine rings is 1. The van der Waals surface area contributed by atoms with Crippen molar-refractivity contribution in [3.05, 3.63) is 23.4 Å². The molecule has 3 heterocycles. The predicted octanol–water partition coefficient (Wildman–Crippen LogP) is 2.45. The van der Waals surface area contributed by atoms with Gasteiger partial charge in [-0.2, -0.15) is 13.2 Å². The first-order valence-corrected chi connectivity index (χ1v) is 7.82. The molecule has 24 heavy (non-hydrogen) atoms. The maximum Gasteiger partial charge on any atom is 0.417 e. The topological polar surface area (TPSA) is 45.7 Å². The Hall–Kier alpha value is -1.83. The Labute approximate surface area is 138 Å². The van der Waals surface area contributed by atoms with Crippen molar-refractivity contribution in [2.24, 2.45) is 0 Å². The van der Waals surface area contributed by atoms with Crippen LogP contribution in [0.5, 0.6) is 0 Å². The lowest BCUT2D eigenvalue weighted by Gasteiger charge is -2.45. The second-order valence-electron chi connectivity index (χ2n) is 7.14. The number of hydrogen-bond donors (Lipinski definition) is 0. The fraction of sp³-hybridized carbons (Fsp3) is 0.625. The van der Waals surface area contributed by atoms with Crippen LogP contribution in [-0.4, -0.2) is 47.1 Å². The number of cyclic esters (lactones) is 1. The standard InChI is InChI=1S/C16H20F3N3O2/c1-15(2,3)21-4-5-22-12(8-21)14(23)24-9-10-6-11(16(17,18)19)7-20-13(10)22/h6-7,12H,4-5,8-9H2,1-3H3/t12-/m1/s1. The molecule has 1 atom stereocenters. The first kappa shape index (κ1) is 17.0. The third-order valence-corrected chi connectivity index (χ3v) is 4.51. The molecule has 2 aliphatic heterocycles. The Balaban J connectivity index is 1.95. The summed E-state index contributed by atoms with van der Waals surface area (Å²) in [4.78, 5) is 20.3. The number of esters is 1. The number of ether oxygens (including phenoxy) is 1. The number of halogens is 3. The van der Waals surface area contributed by atoms with Gasteiger partial charge in [0.05, 0.1) is 5.56 Å². The quantitative estimate of drug-likeness (QED) is 0.677. The van der Waals surface area contributed by atoms with Crippen LogP contribution in [0.4, 0.5) is 19.0 Å². The molecule has 0 bridgehead atoms. The van der Waals surface area contributed by atoms with Crippen LogP contribution in [-0.2, 0) is 22.3 Å². The number of aromatic nitrogens is 1. The molecule has 1 aromatic rings. The van der Waals surface area contributed by atoms with E-state index in [2.05, 4.69) is 30.7 Å². The first-order valence-electron chi connectivity index (χ1n) is 7.82. The molecule has 3 rings (SSSR count). The van der Waals surface area contributed by atoms with Crippen molar-refractivity contribution in [2.45, 2.75) is 45.1 Å². The molecule has 0 spiro atoms. The van der Waals surface area contributed by atoms with Gasteiger partial charge in [-0.15, -0.1) is 0 Å². The lowest BCUT2D eigenvalue weighted by Crippen LogP contribution is -2.60. The van der Waals surface area contributed by atoms with Crippen LogP contribution in [0, 0.1) is 0 Å². The number of fused-ring (bicyclic) bond motifs is 3. The summed E-state index contributed by atoms with van der Waals surface area (Å²) in [7, 11) is 0. The fourth-order valence-corrected chi connectivity index (χ4v) is 3.12. The summed E-state index contributed by atoms with van der Waals surface area (Å²) in [5.74, 6) is -0.0112. The molecular formula is C16H20F3N3O2. The maximum atomic E-state index is 12.9. The third-order valence-electron chi connectivity index (χ3n) is 4.51. The monoisotopic (exact) mass is 343 g/mol. The average Bonchev–Trinajstić information content (AvgIpc) is 2.63. The molecule has 1 saturated heterocycles. The summed E-state index contributed by atoms with van der Waals surface area (Å²) in [5, 5.41) is 0. The summed E-state index contributed by atoms with van der Waals surface area (Å²) in [5.41, 5.74) is -0.635. The number of alkyl halides is 3. The highest BCUT2D eigenvalue weighted by molar-refractivity contribution is 5.82. The van der Waals surface area contributed by atoms with E-state index in [4.69, 9.17) is 4.74 Å². The zero-order valence-corrected chi connectivity index (χ0v) is 13.9. The van der Waals surface area contributed by atoms with Crippen LogP contribution < -0.4 is 4.90 Å². The van der Waals surface area contributed by atoms with Gasteiger partial charge in [-0.1, -0.05) is 0 Å². The molecule has 132 valence electrons. The van der Waals surface area contributed by atoms with Crippen LogP contribution in [0.25, 0.3) is 0 Å². The van der Waals surface area contributed by atoms with Gasteiger partial charge >= 0.3 is 12.1 Å². The van der Waals surface area contributed by atoms with E-state index in [1.807, 2.05) is 0 Å². The van der Waals surface area contributed by atoms with E-state index in [1.165, 1.54) is 0 Å². The number of nitrogens with zero attached hydrogens (tertiary/aromatic N) is 3. The van der Waals surface area contributed by atoms with Crippen molar-refractivity contribution >= 4 is 11.8 Å². The number of carbonyl (C=O) groups is 1. The van der Waals surface area contributed by atoms with Crippen molar-refractivity contribution in [2.75, 3.05) is 24.5 Å². The van der Waals surface area contributed by atoms with Gasteiger partial charge in [0.15, 0.2) is 0 Å². The Kier molecular flexibility index (Phi) is 3.98. The van der Waals surface area contributed by atoms with E-state index in [1.54, 1.807) is 4.90 Å². The molecular weight excluding hydrogens is 323 g/mol. The molecule has 8 heteroatoms. The molecule has 0 unspecified atom stereocenters. The van der Waals surface area contributed by atoms with Crippen LogP contribution in [0.15, 0.2) is 12.3 Å². The molecule has 1 fully saturated rings. The Bertz CT molecular complexity index is 655. The first-order chi connectivity index (χ1) is 11.1. The molecule has 2 aliphatic rings. The average molecular weight is 343 g/mol. The molecule has 0 saturated carbocycles. The minimum atomic E-state index is -4.47. The number of anilines is 1. The van der Waals surface area contributed by atoms with Gasteiger partial charge in [0.25, 0.3) is 0 Å². The summed E-state index contributed by atoms with van der Waals surface area (Å²) in [6, 6.07) is 0.470. The van der Waals surface area contributed by atoms with E-state index in [-0.39, 0.29) is 12.1 Å². The summed E-state index contributed by atoms with van der Waals surface area (Å²) < 4.78 is 43.9. The number of hydrogen-bond acceptors (Lipinski definition) is 5. The maximum absolute atomic E-state index is 12.9. The lowest BCUT2D eigenvalue weighted by atomic mass is 10.0. The molecule has 1 aromatic heterocycles. The smallest absolute Gasteiger partial charge is 0.417 e. The van der Waals surface area contributed by atoms with Gasteiger partial charge in [-0.3, -0.25) is 4.90 Å². The van der Waals surface area contributed by atoms with E-state index < -0.39 is 23.8 Å². The Morgan fingerprint density at radius 3 is 2.58 bits per heavy atom. The van der Waals surface area contributed by atoms with E-state index in [0.717, 1.165) is 12.3 Å². The minimum absolute atomic E-state index is 0.102. The number of carbonyl (C=O) groups excluding carboxylic acids is 1. The van der Waals surface area contributed by atoms with Crippen LogP contribution in [0.1, 0.15) is 31.9 Å². The van der Waals surface area contributed by atoms with E-state index >= 15 is 0 Å². The van der Waals surface area contributed by atoms with Gasteiger partial charge in [0, 0.05) is 36.9 Å². The van der Waals surface area contributed by atoms with E-state index in [9.17, 15) is 18.0 Å². The second kappa shape index (κ2) is 5.61. The van der Waals surface area contributed by atoms with Crippen molar-refractivity contribution in [3.63, 3.8) is 0 Å². The normalized spacial score (nSPS) is 22.5. The number of rotatable bonds is 0. The van der Waals surface area contributed by atoms with E-state index in [0.29, 0.717) is 31.0 Å². The van der Waals surface area contributed by atoms with Crippen molar-refractivity contribution < 1.29 is 22.7 Å². The fourth-order valence-electron chi connectivity index (χ4n) is 3.12. The van der Waals surface area contributed by atoms with Crippen molar-refractivity contribution in [1.29, 1.82) is 0 Å². The zero-order chi connectivity index (χ0) is 17.7. The van der Waals surface area contributed by atoms with Gasteiger partial charge in [0.1, 0.15) is 18.5 Å². The highest BCUT2D eigenvalue weighted by Crippen LogP contribution is 2.34. The SMILES string of the molecule is CC(C)(C)N1CCN2c3ncc(C(F)(F)F)cc3COC(=O)[C@H]2C1. The van der Waals surface area contributed by atoms with Gasteiger partial charge in [-0.25, -0.2) is 9.78 Å². The largest absolute Gasteiger partial charge is 0.459 e. The summed E-state index contributed by atoms with van der Waals surface area (Å²) in [6.45, 7) is 7.68. The molecule has 0 aliphatic carbocycles. The molecule has 0 N–H and O–H groups in total. The highest BCUT2D eigenvalue weighted by Gasteiger charge is 2.41. The second-order valence-corrected chi connectivity index (χ2v) is 7.14. The number of pyridine rings is 1. The van der Waals surface area contributed by atoms with Crippen LogP contribution >= 0.6 is 0 Å². The zero-order valence-electron chi connectivity index (χ0n) is 13.9. The van der Waals surface area contributed by atoms with Gasteiger partial charge < -0.3 is 9.64 Å². The minimum Gasteiger partial charge on any atom is -0.459 e. The van der Waals surface area contributed by atoms with Crippen molar-refractivity contribution in [3.8, 4) is 0 Å². The van der Waals surface area contributed by atoms with Crippen LogP contribution in [0.3, 0.4) is 0 Å².